The van der Waals surface area contributed by atoms with Crippen LogP contribution in [-0.4, -0.2) is 32.6 Å². The summed E-state index contributed by atoms with van der Waals surface area (Å²) < 4.78 is 17.7. The minimum atomic E-state index is 0.593. The molecule has 0 radical (unpaired) electrons. The molecular formula is C29H41NO4. The number of hydrogen-bond acceptors (Lipinski definition) is 5. The number of nitrogens with zero attached hydrogens (tertiary/aromatic N) is 1. The van der Waals surface area contributed by atoms with E-state index in [4.69, 9.17) is 19.0 Å². The second-order valence-electron chi connectivity index (χ2n) is 8.53. The van der Waals surface area contributed by atoms with Crippen LogP contribution in [0.15, 0.2) is 53.7 Å². The van der Waals surface area contributed by atoms with Gasteiger partial charge in [0.15, 0.2) is 0 Å². The van der Waals surface area contributed by atoms with Crippen molar-refractivity contribution in [3.8, 4) is 17.2 Å². The Kier molecular flexibility index (Phi) is 12.7. The fourth-order valence-electron chi connectivity index (χ4n) is 3.66. The number of unbranched alkanes of at least 4 members (excludes halogenated alkanes) is 3. The molecular weight excluding hydrogens is 426 g/mol. The molecule has 0 aliphatic rings. The molecule has 0 amide bonds. The van der Waals surface area contributed by atoms with Crippen molar-refractivity contribution >= 4 is 5.71 Å². The van der Waals surface area contributed by atoms with Crippen LogP contribution >= 0.6 is 0 Å². The molecule has 0 atom stereocenters. The fourth-order valence-corrected chi connectivity index (χ4v) is 3.66. The summed E-state index contributed by atoms with van der Waals surface area (Å²) in [6.45, 7) is 10.2. The standard InChI is InChI=1S/C29H41NO4/c1-6-7-18-33-28-21-23(2)29(24(3)22-28)34-20-11-9-8-10-19-32-27-16-14-26(15-17-27)13-12-25(4)30-31-5/h6-7,14-17,21-22H,8-13,18-20H2,1-5H3/b7-6+,30-25+. The van der Waals surface area contributed by atoms with Crippen LogP contribution in [0.1, 0.15) is 62.6 Å². The van der Waals surface area contributed by atoms with Crippen LogP contribution in [0.5, 0.6) is 17.2 Å². The molecule has 2 aromatic rings. The summed E-state index contributed by atoms with van der Waals surface area (Å²) in [5, 5.41) is 3.95. The average Bonchev–Trinajstić information content (AvgIpc) is 2.82. The van der Waals surface area contributed by atoms with Crippen molar-refractivity contribution in [1.82, 2.24) is 0 Å². The van der Waals surface area contributed by atoms with Crippen molar-refractivity contribution in [2.75, 3.05) is 26.9 Å². The van der Waals surface area contributed by atoms with E-state index in [1.165, 1.54) is 5.56 Å². The number of hydrogen-bond donors (Lipinski definition) is 0. The van der Waals surface area contributed by atoms with Crippen molar-refractivity contribution in [1.29, 1.82) is 0 Å². The number of oxime groups is 1. The Morgan fingerprint density at radius 2 is 1.50 bits per heavy atom. The summed E-state index contributed by atoms with van der Waals surface area (Å²) in [6, 6.07) is 12.4. The molecule has 186 valence electrons. The topological polar surface area (TPSA) is 49.3 Å². The van der Waals surface area contributed by atoms with Crippen LogP contribution in [0, 0.1) is 13.8 Å². The first-order valence-electron chi connectivity index (χ1n) is 12.3. The second-order valence-corrected chi connectivity index (χ2v) is 8.53. The van der Waals surface area contributed by atoms with Gasteiger partial charge in [-0.1, -0.05) is 29.4 Å². The van der Waals surface area contributed by atoms with Crippen molar-refractivity contribution in [3.05, 3.63) is 65.2 Å². The van der Waals surface area contributed by atoms with Gasteiger partial charge in [-0.25, -0.2) is 0 Å². The Morgan fingerprint density at radius 1 is 0.853 bits per heavy atom. The van der Waals surface area contributed by atoms with Gasteiger partial charge in [-0.3, -0.25) is 0 Å². The minimum Gasteiger partial charge on any atom is -0.494 e. The molecule has 0 N–H and O–H groups in total. The van der Waals surface area contributed by atoms with E-state index in [1.54, 1.807) is 7.11 Å². The summed E-state index contributed by atoms with van der Waals surface area (Å²) in [6.07, 6.45) is 10.2. The van der Waals surface area contributed by atoms with E-state index in [-0.39, 0.29) is 0 Å². The van der Waals surface area contributed by atoms with Gasteiger partial charge in [-0.15, -0.1) is 0 Å². The lowest BCUT2D eigenvalue weighted by molar-refractivity contribution is 0.212. The van der Waals surface area contributed by atoms with Crippen LogP contribution in [0.2, 0.25) is 0 Å². The molecule has 0 unspecified atom stereocenters. The SMILES string of the molecule is C/C=C/COc1cc(C)c(OCCCCCCOc2ccc(CC/C(C)=N/OC)cc2)c(C)c1. The highest BCUT2D eigenvalue weighted by molar-refractivity contribution is 5.81. The Bertz CT molecular complexity index is 880. The zero-order valence-corrected chi connectivity index (χ0v) is 21.6. The first-order chi connectivity index (χ1) is 16.5. The Labute approximate surface area is 205 Å². The molecule has 0 aliphatic heterocycles. The van der Waals surface area contributed by atoms with Crippen LogP contribution in [-0.2, 0) is 11.3 Å². The van der Waals surface area contributed by atoms with E-state index in [0.717, 1.165) is 85.8 Å². The normalized spacial score (nSPS) is 11.6. The molecule has 5 heteroatoms. The minimum absolute atomic E-state index is 0.593. The molecule has 34 heavy (non-hydrogen) atoms. The molecule has 5 nitrogen and oxygen atoms in total. The highest BCUT2D eigenvalue weighted by Gasteiger charge is 2.07. The van der Waals surface area contributed by atoms with E-state index < -0.39 is 0 Å². The largest absolute Gasteiger partial charge is 0.494 e. The van der Waals surface area contributed by atoms with E-state index in [9.17, 15) is 0 Å². The molecule has 2 aromatic carbocycles. The van der Waals surface area contributed by atoms with Crippen molar-refractivity contribution in [2.45, 2.75) is 66.2 Å². The summed E-state index contributed by atoms with van der Waals surface area (Å²) >= 11 is 0. The van der Waals surface area contributed by atoms with Crippen molar-refractivity contribution < 1.29 is 19.0 Å². The third-order valence-electron chi connectivity index (χ3n) is 5.52. The van der Waals surface area contributed by atoms with Gasteiger partial charge in [0, 0.05) is 0 Å². The van der Waals surface area contributed by atoms with Crippen LogP contribution in [0.4, 0.5) is 0 Å². The van der Waals surface area contributed by atoms with E-state index in [0.29, 0.717) is 6.61 Å². The number of aryl methyl sites for hydroxylation is 3. The van der Waals surface area contributed by atoms with Gasteiger partial charge in [0.25, 0.3) is 0 Å². The molecule has 0 fully saturated rings. The molecule has 0 aromatic heterocycles. The number of allylic oxidation sites excluding steroid dienone is 1. The van der Waals surface area contributed by atoms with Gasteiger partial charge in [-0.05, 0) is 107 Å². The highest BCUT2D eigenvalue weighted by atomic mass is 16.6. The van der Waals surface area contributed by atoms with Crippen LogP contribution in [0.25, 0.3) is 0 Å². The lowest BCUT2D eigenvalue weighted by Gasteiger charge is -2.14. The summed E-state index contributed by atoms with van der Waals surface area (Å²) in [4.78, 5) is 4.80. The first-order valence-corrected chi connectivity index (χ1v) is 12.3. The number of ether oxygens (including phenoxy) is 3. The lowest BCUT2D eigenvalue weighted by atomic mass is 10.1. The highest BCUT2D eigenvalue weighted by Crippen LogP contribution is 2.28. The van der Waals surface area contributed by atoms with Gasteiger partial charge >= 0.3 is 0 Å². The average molecular weight is 468 g/mol. The third-order valence-corrected chi connectivity index (χ3v) is 5.52. The predicted molar refractivity (Wildman–Crippen MR) is 141 cm³/mol. The Morgan fingerprint density at radius 3 is 2.12 bits per heavy atom. The van der Waals surface area contributed by atoms with Crippen LogP contribution < -0.4 is 14.2 Å². The maximum atomic E-state index is 6.07. The van der Waals surface area contributed by atoms with Crippen molar-refractivity contribution in [3.63, 3.8) is 0 Å². The quantitative estimate of drug-likeness (QED) is 0.113. The lowest BCUT2D eigenvalue weighted by Crippen LogP contribution is -2.03. The fraction of sp³-hybridized carbons (Fsp3) is 0.483. The molecule has 0 bridgehead atoms. The van der Waals surface area contributed by atoms with Crippen LogP contribution in [0.3, 0.4) is 0 Å². The Hall–Kier alpha value is -2.95. The molecule has 0 heterocycles. The van der Waals surface area contributed by atoms with Gasteiger partial charge in [0.1, 0.15) is 31.0 Å². The van der Waals surface area contributed by atoms with E-state index in [1.807, 2.05) is 50.3 Å². The maximum absolute atomic E-state index is 6.07. The van der Waals surface area contributed by atoms with E-state index >= 15 is 0 Å². The van der Waals surface area contributed by atoms with E-state index in [2.05, 4.69) is 31.1 Å². The maximum Gasteiger partial charge on any atom is 0.125 e. The molecule has 2 rings (SSSR count). The Balaban J connectivity index is 1.58. The number of benzene rings is 2. The molecule has 0 saturated carbocycles. The predicted octanol–water partition coefficient (Wildman–Crippen LogP) is 7.23. The molecule has 0 spiro atoms. The summed E-state index contributed by atoms with van der Waals surface area (Å²) in [5.41, 5.74) is 4.52. The monoisotopic (exact) mass is 467 g/mol. The van der Waals surface area contributed by atoms with Gasteiger partial charge in [-0.2, -0.15) is 0 Å². The zero-order chi connectivity index (χ0) is 24.6. The number of rotatable bonds is 16. The summed E-state index contributed by atoms with van der Waals surface area (Å²) in [7, 11) is 1.58. The second kappa shape index (κ2) is 15.8. The zero-order valence-electron chi connectivity index (χ0n) is 21.6. The summed E-state index contributed by atoms with van der Waals surface area (Å²) in [5.74, 6) is 2.80. The van der Waals surface area contributed by atoms with Gasteiger partial charge in [0.2, 0.25) is 0 Å². The van der Waals surface area contributed by atoms with Crippen molar-refractivity contribution in [2.24, 2.45) is 5.16 Å². The van der Waals surface area contributed by atoms with Gasteiger partial charge in [0.05, 0.1) is 18.9 Å². The molecule has 0 aliphatic carbocycles. The molecule has 0 saturated heterocycles. The first kappa shape index (κ1) is 27.3. The smallest absolute Gasteiger partial charge is 0.125 e. The third kappa shape index (κ3) is 10.3. The van der Waals surface area contributed by atoms with Gasteiger partial charge < -0.3 is 19.0 Å².